The molecule has 1 aliphatic carbocycles. The molecule has 0 atom stereocenters. The summed E-state index contributed by atoms with van der Waals surface area (Å²) in [5.74, 6) is -1.20. The highest BCUT2D eigenvalue weighted by atomic mass is 79.9. The second-order valence-electron chi connectivity index (χ2n) is 3.62. The van der Waals surface area contributed by atoms with Crippen LogP contribution >= 0.6 is 31.9 Å². The molecular weight excluding hydrogens is 334 g/mol. The number of ether oxygens (including phenoxy) is 1. The number of rotatable bonds is 3. The quantitative estimate of drug-likeness (QED) is 0.754. The van der Waals surface area contributed by atoms with Crippen LogP contribution < -0.4 is 4.74 Å². The van der Waals surface area contributed by atoms with E-state index in [4.69, 9.17) is 4.74 Å². The number of benzene rings is 1. The summed E-state index contributed by atoms with van der Waals surface area (Å²) in [5, 5.41) is 0.656. The minimum absolute atomic E-state index is 0.0911. The number of halogens is 4. The molecule has 15 heavy (non-hydrogen) atoms. The Kier molecular flexibility index (Phi) is 3.03. The molecule has 0 radical (unpaired) electrons. The minimum atomic E-state index is -0.672. The summed E-state index contributed by atoms with van der Waals surface area (Å²) in [6.07, 6.45) is 1.78. The zero-order valence-electron chi connectivity index (χ0n) is 7.70. The van der Waals surface area contributed by atoms with Crippen LogP contribution in [-0.4, -0.2) is 10.9 Å². The second kappa shape index (κ2) is 4.01. The first-order valence-electron chi connectivity index (χ1n) is 4.46. The van der Waals surface area contributed by atoms with E-state index in [1.54, 1.807) is 0 Å². The van der Waals surface area contributed by atoms with Gasteiger partial charge in [0.05, 0.1) is 4.47 Å². The van der Waals surface area contributed by atoms with E-state index in [0.29, 0.717) is 9.80 Å². The molecule has 1 aromatic carbocycles. The van der Waals surface area contributed by atoms with Crippen molar-refractivity contribution in [3.8, 4) is 5.75 Å². The van der Waals surface area contributed by atoms with Gasteiger partial charge in [-0.25, -0.2) is 8.78 Å². The highest BCUT2D eigenvalue weighted by Crippen LogP contribution is 2.44. The van der Waals surface area contributed by atoms with E-state index in [1.165, 1.54) is 6.07 Å². The third-order valence-corrected chi connectivity index (χ3v) is 3.94. The first-order valence-corrected chi connectivity index (χ1v) is 6.37. The molecule has 0 aromatic heterocycles. The van der Waals surface area contributed by atoms with E-state index in [2.05, 4.69) is 31.9 Å². The Morgan fingerprint density at radius 1 is 1.33 bits per heavy atom. The van der Waals surface area contributed by atoms with Gasteiger partial charge in [0.2, 0.25) is 0 Å². The minimum Gasteiger partial charge on any atom is -0.482 e. The summed E-state index contributed by atoms with van der Waals surface area (Å²) in [6, 6.07) is 2.02. The zero-order valence-corrected chi connectivity index (χ0v) is 10.9. The van der Waals surface area contributed by atoms with Crippen molar-refractivity contribution in [3.05, 3.63) is 28.2 Å². The van der Waals surface area contributed by atoms with Crippen molar-refractivity contribution in [1.82, 2.24) is 0 Å². The van der Waals surface area contributed by atoms with Gasteiger partial charge in [-0.15, -0.1) is 0 Å². The molecule has 0 bridgehead atoms. The lowest BCUT2D eigenvalue weighted by atomic mass is 10.3. The van der Waals surface area contributed by atoms with Gasteiger partial charge in [-0.05, 0) is 34.8 Å². The predicted octanol–water partition coefficient (Wildman–Crippen LogP) is 4.03. The van der Waals surface area contributed by atoms with Gasteiger partial charge >= 0.3 is 0 Å². The van der Waals surface area contributed by atoms with Crippen molar-refractivity contribution in [2.75, 3.05) is 5.33 Å². The Hall–Kier alpha value is -0.160. The van der Waals surface area contributed by atoms with Crippen LogP contribution in [0.2, 0.25) is 0 Å². The summed E-state index contributed by atoms with van der Waals surface area (Å²) in [6.45, 7) is 0. The van der Waals surface area contributed by atoms with Crippen LogP contribution in [0.5, 0.6) is 5.75 Å². The van der Waals surface area contributed by atoms with E-state index in [-0.39, 0.29) is 11.4 Å². The van der Waals surface area contributed by atoms with Crippen LogP contribution in [-0.2, 0) is 0 Å². The summed E-state index contributed by atoms with van der Waals surface area (Å²) in [5.41, 5.74) is -0.304. The molecular formula is C10H8Br2F2O. The molecule has 0 N–H and O–H groups in total. The van der Waals surface area contributed by atoms with E-state index in [0.717, 1.165) is 18.9 Å². The molecule has 1 saturated carbocycles. The van der Waals surface area contributed by atoms with Gasteiger partial charge in [0.25, 0.3) is 0 Å². The van der Waals surface area contributed by atoms with Gasteiger partial charge in [-0.3, -0.25) is 0 Å². The SMILES string of the molecule is Fc1cc(F)c(OC2(CBr)CC2)c(Br)c1. The molecule has 1 aromatic rings. The van der Waals surface area contributed by atoms with E-state index >= 15 is 0 Å². The molecule has 2 rings (SSSR count). The highest BCUT2D eigenvalue weighted by molar-refractivity contribution is 9.10. The van der Waals surface area contributed by atoms with Gasteiger partial charge in [0.15, 0.2) is 11.6 Å². The van der Waals surface area contributed by atoms with Gasteiger partial charge in [0, 0.05) is 11.4 Å². The molecule has 0 spiro atoms. The summed E-state index contributed by atoms with van der Waals surface area (Å²) >= 11 is 6.40. The van der Waals surface area contributed by atoms with Crippen molar-refractivity contribution in [2.24, 2.45) is 0 Å². The average molecular weight is 342 g/mol. The smallest absolute Gasteiger partial charge is 0.170 e. The predicted molar refractivity (Wildman–Crippen MR) is 60.4 cm³/mol. The van der Waals surface area contributed by atoms with Crippen LogP contribution in [0.1, 0.15) is 12.8 Å². The highest BCUT2D eigenvalue weighted by Gasteiger charge is 2.45. The van der Waals surface area contributed by atoms with Crippen LogP contribution in [0, 0.1) is 11.6 Å². The maximum absolute atomic E-state index is 13.4. The van der Waals surface area contributed by atoms with Gasteiger partial charge in [-0.1, -0.05) is 15.9 Å². The lowest BCUT2D eigenvalue weighted by Gasteiger charge is -2.17. The summed E-state index contributed by atoms with van der Waals surface area (Å²) in [7, 11) is 0. The summed E-state index contributed by atoms with van der Waals surface area (Å²) in [4.78, 5) is 0. The Bertz CT molecular complexity index is 368. The maximum atomic E-state index is 13.4. The lowest BCUT2D eigenvalue weighted by Crippen LogP contribution is -2.20. The molecule has 0 amide bonds. The second-order valence-corrected chi connectivity index (χ2v) is 5.03. The van der Waals surface area contributed by atoms with E-state index in [9.17, 15) is 8.78 Å². The van der Waals surface area contributed by atoms with Gasteiger partial charge in [0.1, 0.15) is 11.4 Å². The van der Waals surface area contributed by atoms with Crippen LogP contribution in [0.25, 0.3) is 0 Å². The van der Waals surface area contributed by atoms with Crippen molar-refractivity contribution in [1.29, 1.82) is 0 Å². The molecule has 1 aliphatic rings. The van der Waals surface area contributed by atoms with Crippen molar-refractivity contribution >= 4 is 31.9 Å². The molecule has 5 heteroatoms. The zero-order chi connectivity index (χ0) is 11.1. The molecule has 1 fully saturated rings. The largest absolute Gasteiger partial charge is 0.482 e. The average Bonchev–Trinajstić information content (AvgIpc) is 2.92. The summed E-state index contributed by atoms with van der Waals surface area (Å²) < 4.78 is 32.1. The van der Waals surface area contributed by atoms with Crippen LogP contribution in [0.3, 0.4) is 0 Å². The van der Waals surface area contributed by atoms with Crippen molar-refractivity contribution < 1.29 is 13.5 Å². The van der Waals surface area contributed by atoms with Crippen molar-refractivity contribution in [2.45, 2.75) is 18.4 Å². The number of hydrogen-bond donors (Lipinski definition) is 0. The fourth-order valence-electron chi connectivity index (χ4n) is 1.25. The van der Waals surface area contributed by atoms with Crippen molar-refractivity contribution in [3.63, 3.8) is 0 Å². The monoisotopic (exact) mass is 340 g/mol. The van der Waals surface area contributed by atoms with E-state index in [1.807, 2.05) is 0 Å². The molecule has 82 valence electrons. The molecule has 0 unspecified atom stereocenters. The van der Waals surface area contributed by atoms with Gasteiger partial charge < -0.3 is 4.74 Å². The first kappa shape index (κ1) is 11.3. The fourth-order valence-corrected chi connectivity index (χ4v) is 2.41. The first-order chi connectivity index (χ1) is 7.06. The maximum Gasteiger partial charge on any atom is 0.170 e. The van der Waals surface area contributed by atoms with Crippen LogP contribution in [0.15, 0.2) is 16.6 Å². The fraction of sp³-hybridized carbons (Fsp3) is 0.400. The topological polar surface area (TPSA) is 9.23 Å². The van der Waals surface area contributed by atoms with E-state index < -0.39 is 11.6 Å². The molecule has 0 aliphatic heterocycles. The van der Waals surface area contributed by atoms with Crippen LogP contribution in [0.4, 0.5) is 8.78 Å². The normalized spacial score (nSPS) is 17.6. The van der Waals surface area contributed by atoms with Gasteiger partial charge in [-0.2, -0.15) is 0 Å². The molecule has 0 heterocycles. The Labute approximate surface area is 103 Å². The number of hydrogen-bond acceptors (Lipinski definition) is 1. The third kappa shape index (κ3) is 2.33. The standard InChI is InChI=1S/C10H8Br2F2O/c11-5-10(1-2-10)15-9-7(12)3-6(13)4-8(9)14/h3-4H,1-2,5H2. The third-order valence-electron chi connectivity index (χ3n) is 2.33. The number of alkyl halides is 1. The Morgan fingerprint density at radius 3 is 2.47 bits per heavy atom. The molecule has 0 saturated heterocycles. The Balaban J connectivity index is 2.28. The molecule has 1 nitrogen and oxygen atoms in total. The lowest BCUT2D eigenvalue weighted by molar-refractivity contribution is 0.195. The Morgan fingerprint density at radius 2 is 2.00 bits per heavy atom.